The third-order valence-corrected chi connectivity index (χ3v) is 3.46. The highest BCUT2D eigenvalue weighted by Gasteiger charge is 2.12. The Hall–Kier alpha value is -2.04. The lowest BCUT2D eigenvalue weighted by Gasteiger charge is -2.07. The summed E-state index contributed by atoms with van der Waals surface area (Å²) in [6.07, 6.45) is 2.06. The number of carbonyl (C=O) groups is 1. The molecule has 7 heteroatoms. The van der Waals surface area contributed by atoms with Gasteiger partial charge in [-0.3, -0.25) is 4.79 Å². The minimum Gasteiger partial charge on any atom is -0.504 e. The summed E-state index contributed by atoms with van der Waals surface area (Å²) in [6.45, 7) is 0.949. The van der Waals surface area contributed by atoms with E-state index < -0.39 is 5.91 Å². The van der Waals surface area contributed by atoms with Crippen molar-refractivity contribution in [3.8, 4) is 17.6 Å². The van der Waals surface area contributed by atoms with Gasteiger partial charge in [-0.1, -0.05) is 15.9 Å². The number of aromatic hydroxyl groups is 1. The summed E-state index contributed by atoms with van der Waals surface area (Å²) >= 11 is 3.31. The van der Waals surface area contributed by atoms with Gasteiger partial charge in [-0.05, 0) is 30.2 Å². The minimum atomic E-state index is -0.471. The molecule has 1 rings (SSSR count). The molecule has 0 fully saturated rings. The Morgan fingerprint density at radius 3 is 2.82 bits per heavy atom. The number of amides is 1. The maximum absolute atomic E-state index is 11.9. The van der Waals surface area contributed by atoms with Gasteiger partial charge in [0, 0.05) is 24.7 Å². The molecule has 0 aliphatic carbocycles. The van der Waals surface area contributed by atoms with Crippen molar-refractivity contribution < 1.29 is 19.4 Å². The molecule has 0 saturated carbocycles. The Morgan fingerprint density at radius 2 is 2.23 bits per heavy atom. The third kappa shape index (κ3) is 5.06. The average Bonchev–Trinajstić information content (AvgIpc) is 2.51. The predicted octanol–water partition coefficient (Wildman–Crippen LogP) is 2.22. The van der Waals surface area contributed by atoms with Crippen LogP contribution in [0.1, 0.15) is 12.0 Å². The van der Waals surface area contributed by atoms with Gasteiger partial charge < -0.3 is 19.9 Å². The van der Waals surface area contributed by atoms with Crippen molar-refractivity contribution in [2.24, 2.45) is 0 Å². The molecule has 1 aromatic carbocycles. The van der Waals surface area contributed by atoms with E-state index in [4.69, 9.17) is 14.7 Å². The van der Waals surface area contributed by atoms with Crippen molar-refractivity contribution in [1.29, 1.82) is 5.26 Å². The lowest BCUT2D eigenvalue weighted by atomic mass is 10.1. The first-order chi connectivity index (χ1) is 10.5. The van der Waals surface area contributed by atoms with Crippen LogP contribution in [0, 0.1) is 11.3 Å². The second-order valence-corrected chi connectivity index (χ2v) is 5.17. The highest BCUT2D eigenvalue weighted by molar-refractivity contribution is 9.10. The monoisotopic (exact) mass is 368 g/mol. The molecule has 0 saturated heterocycles. The summed E-state index contributed by atoms with van der Waals surface area (Å²) in [7, 11) is 3.02. The van der Waals surface area contributed by atoms with E-state index in [0.717, 1.165) is 0 Å². The topological polar surface area (TPSA) is 91.6 Å². The van der Waals surface area contributed by atoms with Crippen molar-refractivity contribution in [3.63, 3.8) is 0 Å². The van der Waals surface area contributed by atoms with Crippen LogP contribution >= 0.6 is 15.9 Å². The fraction of sp³-hybridized carbons (Fsp3) is 0.333. The van der Waals surface area contributed by atoms with E-state index in [0.29, 0.717) is 35.4 Å². The number of ether oxygens (including phenoxy) is 2. The number of hydrogen-bond acceptors (Lipinski definition) is 5. The average molecular weight is 369 g/mol. The van der Waals surface area contributed by atoms with Crippen LogP contribution in [-0.4, -0.2) is 38.4 Å². The summed E-state index contributed by atoms with van der Waals surface area (Å²) in [5.74, 6) is -0.248. The van der Waals surface area contributed by atoms with Crippen molar-refractivity contribution in [2.75, 3.05) is 27.4 Å². The number of carbonyl (C=O) groups excluding carboxylic acids is 1. The first-order valence-corrected chi connectivity index (χ1v) is 7.28. The second-order valence-electron chi connectivity index (χ2n) is 4.32. The Morgan fingerprint density at radius 1 is 1.50 bits per heavy atom. The van der Waals surface area contributed by atoms with Crippen LogP contribution in [-0.2, 0) is 9.53 Å². The molecule has 0 bridgehead atoms. The van der Waals surface area contributed by atoms with Gasteiger partial charge in [-0.2, -0.15) is 5.26 Å². The number of benzene rings is 1. The van der Waals surface area contributed by atoms with Gasteiger partial charge in [0.05, 0.1) is 7.11 Å². The minimum absolute atomic E-state index is 0.0531. The first kappa shape index (κ1) is 18.0. The van der Waals surface area contributed by atoms with Crippen LogP contribution in [0.15, 0.2) is 22.2 Å². The summed E-state index contributed by atoms with van der Waals surface area (Å²) in [5, 5.41) is 21.5. The molecule has 0 aliphatic rings. The highest BCUT2D eigenvalue weighted by atomic mass is 79.9. The zero-order valence-electron chi connectivity index (χ0n) is 12.4. The largest absolute Gasteiger partial charge is 0.504 e. The molecule has 1 aromatic rings. The van der Waals surface area contributed by atoms with Crippen LogP contribution in [0.5, 0.6) is 11.5 Å². The Labute approximate surface area is 137 Å². The number of nitrogens with zero attached hydrogens (tertiary/aromatic N) is 1. The fourth-order valence-corrected chi connectivity index (χ4v) is 2.09. The van der Waals surface area contributed by atoms with E-state index in [2.05, 4.69) is 21.2 Å². The van der Waals surface area contributed by atoms with Gasteiger partial charge >= 0.3 is 0 Å². The SMILES string of the molecule is COCCCNC(=O)/C(C#N)=C/c1cc(O)c(OC)cc1Br. The highest BCUT2D eigenvalue weighted by Crippen LogP contribution is 2.33. The predicted molar refractivity (Wildman–Crippen MR) is 85.5 cm³/mol. The smallest absolute Gasteiger partial charge is 0.261 e. The number of rotatable bonds is 7. The summed E-state index contributed by atoms with van der Waals surface area (Å²) in [6, 6.07) is 4.83. The lowest BCUT2D eigenvalue weighted by Crippen LogP contribution is -2.26. The van der Waals surface area contributed by atoms with Gasteiger partial charge in [0.15, 0.2) is 11.5 Å². The van der Waals surface area contributed by atoms with Gasteiger partial charge in [0.2, 0.25) is 0 Å². The number of halogens is 1. The number of phenols is 1. The van der Waals surface area contributed by atoms with Crippen LogP contribution in [0.25, 0.3) is 6.08 Å². The number of phenolic OH excluding ortho intramolecular Hbond substituents is 1. The lowest BCUT2D eigenvalue weighted by molar-refractivity contribution is -0.117. The third-order valence-electron chi connectivity index (χ3n) is 2.77. The molecular formula is C15H17BrN2O4. The van der Waals surface area contributed by atoms with Crippen LogP contribution < -0.4 is 10.1 Å². The zero-order chi connectivity index (χ0) is 16.5. The summed E-state index contributed by atoms with van der Waals surface area (Å²) in [5.41, 5.74) is 0.449. The van der Waals surface area contributed by atoms with Crippen molar-refractivity contribution in [3.05, 3.63) is 27.7 Å². The number of hydrogen-bond donors (Lipinski definition) is 2. The molecule has 118 valence electrons. The first-order valence-electron chi connectivity index (χ1n) is 6.49. The molecule has 0 atom stereocenters. The molecule has 1 amide bonds. The Balaban J connectivity index is 2.91. The molecule has 6 nitrogen and oxygen atoms in total. The van der Waals surface area contributed by atoms with E-state index >= 15 is 0 Å². The molecule has 0 heterocycles. The summed E-state index contributed by atoms with van der Waals surface area (Å²) < 4.78 is 10.5. The van der Waals surface area contributed by atoms with Crippen LogP contribution in [0.3, 0.4) is 0 Å². The second kappa shape index (κ2) is 9.07. The Bertz CT molecular complexity index is 608. The molecular weight excluding hydrogens is 352 g/mol. The Kier molecular flexibility index (Phi) is 7.43. The van der Waals surface area contributed by atoms with Crippen molar-refractivity contribution in [2.45, 2.75) is 6.42 Å². The van der Waals surface area contributed by atoms with Gasteiger partial charge in [-0.15, -0.1) is 0 Å². The van der Waals surface area contributed by atoms with Crippen molar-refractivity contribution in [1.82, 2.24) is 5.32 Å². The fourth-order valence-electron chi connectivity index (χ4n) is 1.65. The standard InChI is InChI=1S/C15H17BrN2O4/c1-21-5-3-4-18-15(20)11(9-17)6-10-7-13(19)14(22-2)8-12(10)16/h6-8,19H,3-5H2,1-2H3,(H,18,20)/b11-6+. The van der Waals surface area contributed by atoms with Gasteiger partial charge in [-0.25, -0.2) is 0 Å². The number of nitrogens with one attached hydrogen (secondary N) is 1. The van der Waals surface area contributed by atoms with Gasteiger partial charge in [0.1, 0.15) is 11.6 Å². The van der Waals surface area contributed by atoms with E-state index in [1.165, 1.54) is 19.3 Å². The molecule has 0 radical (unpaired) electrons. The molecule has 22 heavy (non-hydrogen) atoms. The van der Waals surface area contributed by atoms with Gasteiger partial charge in [0.25, 0.3) is 5.91 Å². The maximum Gasteiger partial charge on any atom is 0.261 e. The van der Waals surface area contributed by atoms with Crippen LogP contribution in [0.4, 0.5) is 0 Å². The van der Waals surface area contributed by atoms with Crippen LogP contribution in [0.2, 0.25) is 0 Å². The van der Waals surface area contributed by atoms with E-state index in [-0.39, 0.29) is 11.3 Å². The van der Waals surface area contributed by atoms with E-state index in [1.54, 1.807) is 13.2 Å². The molecule has 0 aromatic heterocycles. The summed E-state index contributed by atoms with van der Waals surface area (Å²) in [4.78, 5) is 11.9. The normalized spacial score (nSPS) is 10.9. The number of nitriles is 1. The molecule has 0 spiro atoms. The maximum atomic E-state index is 11.9. The zero-order valence-corrected chi connectivity index (χ0v) is 13.9. The van der Waals surface area contributed by atoms with E-state index in [9.17, 15) is 9.90 Å². The molecule has 2 N–H and O–H groups in total. The van der Waals surface area contributed by atoms with Crippen molar-refractivity contribution >= 4 is 27.9 Å². The van der Waals surface area contributed by atoms with E-state index in [1.807, 2.05) is 6.07 Å². The number of methoxy groups -OCH3 is 2. The quantitative estimate of drug-likeness (QED) is 0.437. The molecule has 0 aliphatic heterocycles. The molecule has 0 unspecified atom stereocenters.